The normalized spacial score (nSPS) is 11.1. The summed E-state index contributed by atoms with van der Waals surface area (Å²) in [5.74, 6) is 5.91. The summed E-state index contributed by atoms with van der Waals surface area (Å²) in [6.45, 7) is 4.34. The summed E-state index contributed by atoms with van der Waals surface area (Å²) in [5.41, 5.74) is 0.579. The summed E-state index contributed by atoms with van der Waals surface area (Å²) in [5, 5.41) is 8.72. The number of benzene rings is 1. The van der Waals surface area contributed by atoms with E-state index < -0.39 is 10.0 Å². The topological polar surface area (TPSA) is 66.8 Å². The maximum Gasteiger partial charge on any atom is 0.246 e. The fraction of sp³-hybridized carbons (Fsp3) is 0.467. The van der Waals surface area contributed by atoms with Crippen LogP contribution in [0.5, 0.6) is 5.75 Å². The van der Waals surface area contributed by atoms with Crippen LogP contribution in [0.2, 0.25) is 0 Å². The molecule has 1 rings (SSSR count). The second-order valence-corrected chi connectivity index (χ2v) is 6.14. The van der Waals surface area contributed by atoms with Crippen LogP contribution in [0.1, 0.15) is 25.8 Å². The molecular weight excluding hydrogens is 290 g/mol. The molecule has 0 saturated heterocycles. The lowest BCUT2D eigenvalue weighted by Gasteiger charge is -2.20. The van der Waals surface area contributed by atoms with Crippen LogP contribution < -0.4 is 4.74 Å². The van der Waals surface area contributed by atoms with Crippen LogP contribution in [-0.2, 0) is 10.0 Å². The summed E-state index contributed by atoms with van der Waals surface area (Å²) < 4.78 is 31.8. The van der Waals surface area contributed by atoms with Crippen LogP contribution >= 0.6 is 0 Å². The Labute approximate surface area is 126 Å². The molecule has 0 aromatic heterocycles. The predicted molar refractivity (Wildman–Crippen MR) is 81.7 cm³/mol. The molecule has 1 aromatic rings. The Hall–Kier alpha value is -1.55. The van der Waals surface area contributed by atoms with Crippen molar-refractivity contribution in [1.82, 2.24) is 4.31 Å². The molecule has 1 N–H and O–H groups in total. The number of aliphatic hydroxyl groups is 1. The van der Waals surface area contributed by atoms with Gasteiger partial charge in [-0.2, -0.15) is 4.31 Å². The molecule has 0 atom stereocenters. The maximum absolute atomic E-state index is 12.6. The van der Waals surface area contributed by atoms with Crippen molar-refractivity contribution < 1.29 is 18.3 Å². The fourth-order valence-electron chi connectivity index (χ4n) is 1.88. The lowest BCUT2D eigenvalue weighted by Crippen LogP contribution is -2.30. The van der Waals surface area contributed by atoms with E-state index in [1.807, 2.05) is 0 Å². The molecule has 0 aliphatic carbocycles. The summed E-state index contributed by atoms with van der Waals surface area (Å²) in [4.78, 5) is 0.115. The van der Waals surface area contributed by atoms with E-state index in [9.17, 15) is 8.42 Å². The third-order valence-electron chi connectivity index (χ3n) is 2.96. The van der Waals surface area contributed by atoms with Crippen molar-refractivity contribution in [2.45, 2.75) is 25.2 Å². The number of nitrogens with zero attached hydrogens (tertiary/aromatic N) is 1. The fourth-order valence-corrected chi connectivity index (χ4v) is 3.52. The molecule has 6 heteroatoms. The molecule has 0 unspecified atom stereocenters. The second-order valence-electron chi connectivity index (χ2n) is 4.23. The molecule has 116 valence electrons. The summed E-state index contributed by atoms with van der Waals surface area (Å²) >= 11 is 0. The zero-order valence-corrected chi connectivity index (χ0v) is 13.4. The summed E-state index contributed by atoms with van der Waals surface area (Å²) in [6, 6.07) is 4.81. The minimum absolute atomic E-state index is 0.0201. The van der Waals surface area contributed by atoms with Gasteiger partial charge in [0.2, 0.25) is 10.0 Å². The molecule has 0 spiro atoms. The van der Waals surface area contributed by atoms with Crippen LogP contribution in [0.4, 0.5) is 0 Å². The van der Waals surface area contributed by atoms with Crippen molar-refractivity contribution in [2.75, 3.05) is 26.8 Å². The monoisotopic (exact) mass is 311 g/mol. The summed E-state index contributed by atoms with van der Waals surface area (Å²) in [7, 11) is -2.17. The molecule has 0 fully saturated rings. The van der Waals surface area contributed by atoms with Crippen molar-refractivity contribution in [1.29, 1.82) is 0 Å². The Morgan fingerprint density at radius 2 is 1.95 bits per heavy atom. The number of methoxy groups -OCH3 is 1. The Kier molecular flexibility index (Phi) is 6.69. The molecule has 0 bridgehead atoms. The van der Waals surface area contributed by atoms with Gasteiger partial charge in [-0.3, -0.25) is 0 Å². The van der Waals surface area contributed by atoms with E-state index >= 15 is 0 Å². The van der Waals surface area contributed by atoms with E-state index in [1.54, 1.807) is 26.0 Å². The Morgan fingerprint density at radius 1 is 1.29 bits per heavy atom. The lowest BCUT2D eigenvalue weighted by atomic mass is 10.2. The average Bonchev–Trinajstić information content (AvgIpc) is 2.48. The highest BCUT2D eigenvalue weighted by Gasteiger charge is 2.25. The number of rotatable bonds is 6. The van der Waals surface area contributed by atoms with Crippen molar-refractivity contribution in [3.05, 3.63) is 23.8 Å². The molecular formula is C15H21NO4S. The SMILES string of the molecule is CCN(CC)S(=O)(=O)c1cc(C#CCCO)ccc1OC. The molecule has 0 amide bonds. The zero-order chi connectivity index (χ0) is 15.9. The van der Waals surface area contributed by atoms with Gasteiger partial charge in [0.15, 0.2) is 0 Å². The van der Waals surface area contributed by atoms with Gasteiger partial charge in [0.1, 0.15) is 10.6 Å². The first kappa shape index (κ1) is 17.5. The molecule has 21 heavy (non-hydrogen) atoms. The molecule has 0 aliphatic heterocycles. The third-order valence-corrected chi connectivity index (χ3v) is 5.03. The van der Waals surface area contributed by atoms with Crippen molar-refractivity contribution >= 4 is 10.0 Å². The number of hydrogen-bond donors (Lipinski definition) is 1. The van der Waals surface area contributed by atoms with Crippen LogP contribution in [0.15, 0.2) is 23.1 Å². The van der Waals surface area contributed by atoms with E-state index in [0.29, 0.717) is 30.8 Å². The molecule has 5 nitrogen and oxygen atoms in total. The van der Waals surface area contributed by atoms with E-state index in [2.05, 4.69) is 11.8 Å². The molecule has 0 radical (unpaired) electrons. The van der Waals surface area contributed by atoms with Crippen molar-refractivity contribution in [3.8, 4) is 17.6 Å². The van der Waals surface area contributed by atoms with E-state index in [1.165, 1.54) is 17.5 Å². The average molecular weight is 311 g/mol. The van der Waals surface area contributed by atoms with Gasteiger partial charge < -0.3 is 9.84 Å². The minimum Gasteiger partial charge on any atom is -0.495 e. The minimum atomic E-state index is -3.61. The summed E-state index contributed by atoms with van der Waals surface area (Å²) in [6.07, 6.45) is 0.351. The Bertz CT molecular complexity index is 625. The first-order valence-electron chi connectivity index (χ1n) is 6.79. The highest BCUT2D eigenvalue weighted by atomic mass is 32.2. The smallest absolute Gasteiger partial charge is 0.246 e. The highest BCUT2D eigenvalue weighted by molar-refractivity contribution is 7.89. The van der Waals surface area contributed by atoms with Crippen LogP contribution in [0.3, 0.4) is 0 Å². The van der Waals surface area contributed by atoms with E-state index in [-0.39, 0.29) is 11.5 Å². The second kappa shape index (κ2) is 8.03. The van der Waals surface area contributed by atoms with Crippen molar-refractivity contribution in [2.24, 2.45) is 0 Å². The standard InChI is InChI=1S/C15H21NO4S/c1-4-16(5-2)21(18,19)15-12-13(8-6-7-11-17)9-10-14(15)20-3/h9-10,12,17H,4-5,7,11H2,1-3H3. The maximum atomic E-state index is 12.6. The van der Waals surface area contributed by atoms with Crippen LogP contribution in [0, 0.1) is 11.8 Å². The molecule has 0 saturated carbocycles. The van der Waals surface area contributed by atoms with Gasteiger partial charge in [-0.1, -0.05) is 25.7 Å². The largest absolute Gasteiger partial charge is 0.495 e. The van der Waals surface area contributed by atoms with Crippen LogP contribution in [-0.4, -0.2) is 44.6 Å². The van der Waals surface area contributed by atoms with Gasteiger partial charge in [0.05, 0.1) is 13.7 Å². The van der Waals surface area contributed by atoms with Gasteiger partial charge in [0.25, 0.3) is 0 Å². The molecule has 0 aliphatic rings. The quantitative estimate of drug-likeness (QED) is 0.808. The number of sulfonamides is 1. The Morgan fingerprint density at radius 3 is 2.48 bits per heavy atom. The van der Waals surface area contributed by atoms with E-state index in [0.717, 1.165) is 0 Å². The highest BCUT2D eigenvalue weighted by Crippen LogP contribution is 2.27. The van der Waals surface area contributed by atoms with Gasteiger partial charge in [-0.25, -0.2) is 8.42 Å². The number of hydrogen-bond acceptors (Lipinski definition) is 4. The van der Waals surface area contributed by atoms with Crippen LogP contribution in [0.25, 0.3) is 0 Å². The molecule has 1 aromatic carbocycles. The van der Waals surface area contributed by atoms with Crippen molar-refractivity contribution in [3.63, 3.8) is 0 Å². The van der Waals surface area contributed by atoms with Gasteiger partial charge in [0, 0.05) is 25.1 Å². The first-order chi connectivity index (χ1) is 10.0. The first-order valence-corrected chi connectivity index (χ1v) is 8.23. The van der Waals surface area contributed by atoms with Gasteiger partial charge >= 0.3 is 0 Å². The third kappa shape index (κ3) is 4.21. The number of aliphatic hydroxyl groups excluding tert-OH is 1. The zero-order valence-electron chi connectivity index (χ0n) is 12.6. The lowest BCUT2D eigenvalue weighted by molar-refractivity contribution is 0.305. The van der Waals surface area contributed by atoms with E-state index in [4.69, 9.17) is 9.84 Å². The van der Waals surface area contributed by atoms with Gasteiger partial charge in [-0.15, -0.1) is 0 Å². The predicted octanol–water partition coefficient (Wildman–Crippen LogP) is 1.46. The number of ether oxygens (including phenoxy) is 1. The van der Waals surface area contributed by atoms with Gasteiger partial charge in [-0.05, 0) is 18.2 Å². The molecule has 0 heterocycles. The Balaban J connectivity index is 3.33.